The molecular formula is C13H24N2O2S. The molecule has 0 aromatic rings. The van der Waals surface area contributed by atoms with Crippen molar-refractivity contribution in [1.82, 2.24) is 10.6 Å². The molecular weight excluding hydrogens is 248 g/mol. The van der Waals surface area contributed by atoms with Gasteiger partial charge in [0.1, 0.15) is 0 Å². The van der Waals surface area contributed by atoms with E-state index in [9.17, 15) is 4.79 Å². The van der Waals surface area contributed by atoms with E-state index in [4.69, 9.17) is 4.74 Å². The maximum atomic E-state index is 11.7. The first kappa shape index (κ1) is 14.2. The molecule has 1 saturated heterocycles. The van der Waals surface area contributed by atoms with Crippen LogP contribution in [-0.4, -0.2) is 49.3 Å². The Bertz CT molecular complexity index is 251. The molecule has 1 aliphatic carbocycles. The first-order chi connectivity index (χ1) is 8.84. The second-order valence-electron chi connectivity index (χ2n) is 5.06. The summed E-state index contributed by atoms with van der Waals surface area (Å²) in [6.07, 6.45) is 6.01. The summed E-state index contributed by atoms with van der Waals surface area (Å²) in [4.78, 5) is 11.7. The van der Waals surface area contributed by atoms with Crippen molar-refractivity contribution < 1.29 is 9.53 Å². The van der Waals surface area contributed by atoms with Crippen LogP contribution in [0.3, 0.4) is 0 Å². The summed E-state index contributed by atoms with van der Waals surface area (Å²) >= 11 is 1.92. The number of rotatable bonds is 6. The SMILES string of the molecule is O=C(CC1CSCCN1)NCCOC1CCCC1. The molecule has 2 aliphatic rings. The molecule has 1 saturated carbocycles. The van der Waals surface area contributed by atoms with Gasteiger partial charge in [0.05, 0.1) is 12.7 Å². The van der Waals surface area contributed by atoms with E-state index >= 15 is 0 Å². The van der Waals surface area contributed by atoms with Gasteiger partial charge in [-0.1, -0.05) is 12.8 Å². The van der Waals surface area contributed by atoms with Gasteiger partial charge < -0.3 is 15.4 Å². The van der Waals surface area contributed by atoms with Crippen LogP contribution >= 0.6 is 11.8 Å². The predicted octanol–water partition coefficient (Wildman–Crippen LogP) is 1.16. The van der Waals surface area contributed by atoms with Crippen molar-refractivity contribution in [2.45, 2.75) is 44.2 Å². The normalized spacial score (nSPS) is 25.2. The van der Waals surface area contributed by atoms with Crippen molar-refractivity contribution >= 4 is 17.7 Å². The lowest BCUT2D eigenvalue weighted by Gasteiger charge is -2.22. The molecule has 1 unspecified atom stereocenters. The van der Waals surface area contributed by atoms with Crippen molar-refractivity contribution in [3.63, 3.8) is 0 Å². The minimum atomic E-state index is 0.144. The maximum absolute atomic E-state index is 11.7. The van der Waals surface area contributed by atoms with Gasteiger partial charge in [0.25, 0.3) is 0 Å². The molecule has 104 valence electrons. The zero-order valence-corrected chi connectivity index (χ0v) is 11.8. The Labute approximate surface area is 114 Å². The summed E-state index contributed by atoms with van der Waals surface area (Å²) in [5, 5.41) is 6.31. The zero-order chi connectivity index (χ0) is 12.6. The average Bonchev–Trinajstić information content (AvgIpc) is 2.89. The summed E-state index contributed by atoms with van der Waals surface area (Å²) in [7, 11) is 0. The van der Waals surface area contributed by atoms with Crippen molar-refractivity contribution in [3.8, 4) is 0 Å². The highest BCUT2D eigenvalue weighted by atomic mass is 32.2. The Kier molecular flexibility index (Phi) is 6.31. The number of hydrogen-bond donors (Lipinski definition) is 2. The van der Waals surface area contributed by atoms with Crippen LogP contribution in [0, 0.1) is 0 Å². The Morgan fingerprint density at radius 1 is 1.39 bits per heavy atom. The molecule has 1 amide bonds. The van der Waals surface area contributed by atoms with E-state index in [0.717, 1.165) is 18.1 Å². The maximum Gasteiger partial charge on any atom is 0.221 e. The minimum absolute atomic E-state index is 0.144. The summed E-state index contributed by atoms with van der Waals surface area (Å²) in [5.41, 5.74) is 0. The molecule has 2 fully saturated rings. The third-order valence-corrected chi connectivity index (χ3v) is 4.64. The van der Waals surface area contributed by atoms with Crippen molar-refractivity contribution in [2.24, 2.45) is 0 Å². The second-order valence-corrected chi connectivity index (χ2v) is 6.21. The standard InChI is InChI=1S/C13H24N2O2S/c16-13(9-11-10-18-8-6-14-11)15-5-7-17-12-3-1-2-4-12/h11-12,14H,1-10H2,(H,15,16). The number of amides is 1. The lowest BCUT2D eigenvalue weighted by molar-refractivity contribution is -0.121. The number of thioether (sulfide) groups is 1. The molecule has 0 aromatic carbocycles. The van der Waals surface area contributed by atoms with Crippen LogP contribution < -0.4 is 10.6 Å². The van der Waals surface area contributed by atoms with Gasteiger partial charge in [-0.2, -0.15) is 11.8 Å². The fourth-order valence-electron chi connectivity index (χ4n) is 2.52. The molecule has 18 heavy (non-hydrogen) atoms. The van der Waals surface area contributed by atoms with Crippen LogP contribution in [0.5, 0.6) is 0 Å². The van der Waals surface area contributed by atoms with Gasteiger partial charge in [-0.25, -0.2) is 0 Å². The molecule has 5 heteroatoms. The average molecular weight is 272 g/mol. The van der Waals surface area contributed by atoms with Gasteiger partial charge in [-0.3, -0.25) is 4.79 Å². The predicted molar refractivity (Wildman–Crippen MR) is 75.0 cm³/mol. The van der Waals surface area contributed by atoms with Crippen LogP contribution in [0.15, 0.2) is 0 Å². The van der Waals surface area contributed by atoms with Crippen molar-refractivity contribution in [3.05, 3.63) is 0 Å². The lowest BCUT2D eigenvalue weighted by atomic mass is 10.2. The molecule has 1 aliphatic heterocycles. The van der Waals surface area contributed by atoms with Gasteiger partial charge in [-0.15, -0.1) is 0 Å². The molecule has 0 aromatic heterocycles. The molecule has 2 rings (SSSR count). The topological polar surface area (TPSA) is 50.4 Å². The smallest absolute Gasteiger partial charge is 0.221 e. The largest absolute Gasteiger partial charge is 0.376 e. The van der Waals surface area contributed by atoms with Gasteiger partial charge in [0.15, 0.2) is 0 Å². The van der Waals surface area contributed by atoms with Crippen LogP contribution in [0.1, 0.15) is 32.1 Å². The Morgan fingerprint density at radius 3 is 2.94 bits per heavy atom. The highest BCUT2D eigenvalue weighted by molar-refractivity contribution is 7.99. The van der Waals surface area contributed by atoms with E-state index in [0.29, 0.717) is 31.7 Å². The molecule has 0 spiro atoms. The van der Waals surface area contributed by atoms with Crippen LogP contribution in [0.25, 0.3) is 0 Å². The first-order valence-electron chi connectivity index (χ1n) is 7.04. The fraction of sp³-hybridized carbons (Fsp3) is 0.923. The molecule has 4 nitrogen and oxygen atoms in total. The number of hydrogen-bond acceptors (Lipinski definition) is 4. The molecule has 2 N–H and O–H groups in total. The van der Waals surface area contributed by atoms with E-state index in [1.165, 1.54) is 25.7 Å². The Hall–Kier alpha value is -0.260. The number of nitrogens with one attached hydrogen (secondary N) is 2. The van der Waals surface area contributed by atoms with Crippen molar-refractivity contribution in [2.75, 3.05) is 31.2 Å². The number of carbonyl (C=O) groups excluding carboxylic acids is 1. The molecule has 1 atom stereocenters. The van der Waals surface area contributed by atoms with E-state index in [-0.39, 0.29) is 5.91 Å². The van der Waals surface area contributed by atoms with Crippen LogP contribution in [-0.2, 0) is 9.53 Å². The zero-order valence-electron chi connectivity index (χ0n) is 11.0. The summed E-state index contributed by atoms with van der Waals surface area (Å²) in [6.45, 7) is 2.33. The summed E-state index contributed by atoms with van der Waals surface area (Å²) in [6, 6.07) is 0.347. The van der Waals surface area contributed by atoms with Gasteiger partial charge in [-0.05, 0) is 12.8 Å². The van der Waals surface area contributed by atoms with E-state index in [2.05, 4.69) is 10.6 Å². The minimum Gasteiger partial charge on any atom is -0.376 e. The molecule has 1 heterocycles. The highest BCUT2D eigenvalue weighted by Crippen LogP contribution is 2.20. The number of carbonyl (C=O) groups is 1. The monoisotopic (exact) mass is 272 g/mol. The third kappa shape index (κ3) is 5.16. The Balaban J connectivity index is 1.48. The Morgan fingerprint density at radius 2 is 2.22 bits per heavy atom. The van der Waals surface area contributed by atoms with E-state index in [1.54, 1.807) is 0 Å². The van der Waals surface area contributed by atoms with Crippen LogP contribution in [0.2, 0.25) is 0 Å². The van der Waals surface area contributed by atoms with Crippen LogP contribution in [0.4, 0.5) is 0 Å². The molecule has 0 radical (unpaired) electrons. The first-order valence-corrected chi connectivity index (χ1v) is 8.19. The quantitative estimate of drug-likeness (QED) is 0.712. The summed E-state index contributed by atoms with van der Waals surface area (Å²) < 4.78 is 5.71. The second kappa shape index (κ2) is 8.02. The third-order valence-electron chi connectivity index (χ3n) is 3.51. The summed E-state index contributed by atoms with van der Waals surface area (Å²) in [5.74, 6) is 2.35. The fourth-order valence-corrected chi connectivity index (χ4v) is 3.47. The van der Waals surface area contributed by atoms with E-state index in [1.807, 2.05) is 11.8 Å². The van der Waals surface area contributed by atoms with E-state index < -0.39 is 0 Å². The highest BCUT2D eigenvalue weighted by Gasteiger charge is 2.17. The molecule has 0 bridgehead atoms. The van der Waals surface area contributed by atoms with Gasteiger partial charge in [0, 0.05) is 37.1 Å². The van der Waals surface area contributed by atoms with Gasteiger partial charge in [0.2, 0.25) is 5.91 Å². The number of ether oxygens (including phenoxy) is 1. The van der Waals surface area contributed by atoms with Gasteiger partial charge >= 0.3 is 0 Å². The van der Waals surface area contributed by atoms with Crippen molar-refractivity contribution in [1.29, 1.82) is 0 Å². The lowest BCUT2D eigenvalue weighted by Crippen LogP contribution is -2.41.